The summed E-state index contributed by atoms with van der Waals surface area (Å²) < 4.78 is 12.5. The number of aromatic nitrogens is 3. The van der Waals surface area contributed by atoms with Crippen molar-refractivity contribution in [3.8, 4) is 17.0 Å². The van der Waals surface area contributed by atoms with Gasteiger partial charge in [-0.15, -0.1) is 0 Å². The Kier molecular flexibility index (Phi) is 5.22. The molecule has 1 N–H and O–H groups in total. The molecule has 4 rings (SSSR count). The fraction of sp³-hybridized carbons (Fsp3) is 0.400. The van der Waals surface area contributed by atoms with Crippen molar-refractivity contribution in [1.29, 1.82) is 0 Å². The minimum atomic E-state index is 0.822. The van der Waals surface area contributed by atoms with Crippen molar-refractivity contribution in [1.82, 2.24) is 19.5 Å². The summed E-state index contributed by atoms with van der Waals surface area (Å²) in [6.45, 7) is 7.49. The van der Waals surface area contributed by atoms with Crippen molar-refractivity contribution >= 4 is 11.5 Å². The number of ether oxygens (including phenoxy) is 2. The Morgan fingerprint density at radius 3 is 2.67 bits per heavy atom. The van der Waals surface area contributed by atoms with Gasteiger partial charge in [0.1, 0.15) is 11.6 Å². The largest absolute Gasteiger partial charge is 0.497 e. The van der Waals surface area contributed by atoms with Crippen molar-refractivity contribution < 1.29 is 9.47 Å². The SMILES string of the molecule is COc1ccc(-c2cc3nc(C)cc(NCCN4CCOCC4)n3n2)cc1. The molecule has 0 radical (unpaired) electrons. The topological polar surface area (TPSA) is 63.9 Å². The van der Waals surface area contributed by atoms with Crippen LogP contribution < -0.4 is 10.1 Å². The lowest BCUT2D eigenvalue weighted by Crippen LogP contribution is -2.39. The summed E-state index contributed by atoms with van der Waals surface area (Å²) in [5, 5.41) is 8.28. The third kappa shape index (κ3) is 4.04. The molecule has 3 heterocycles. The summed E-state index contributed by atoms with van der Waals surface area (Å²) in [6.07, 6.45) is 0. The average molecular weight is 367 g/mol. The average Bonchev–Trinajstić information content (AvgIpc) is 3.13. The van der Waals surface area contributed by atoms with Crippen LogP contribution in [0.25, 0.3) is 16.9 Å². The fourth-order valence-corrected chi connectivity index (χ4v) is 3.30. The molecule has 1 aliphatic rings. The number of hydrogen-bond donors (Lipinski definition) is 1. The second-order valence-electron chi connectivity index (χ2n) is 6.69. The number of anilines is 1. The van der Waals surface area contributed by atoms with E-state index in [4.69, 9.17) is 14.6 Å². The zero-order valence-electron chi connectivity index (χ0n) is 15.8. The molecule has 0 atom stereocenters. The Bertz CT molecular complexity index is 901. The van der Waals surface area contributed by atoms with Crippen LogP contribution in [0, 0.1) is 6.92 Å². The summed E-state index contributed by atoms with van der Waals surface area (Å²) in [4.78, 5) is 7.03. The number of methoxy groups -OCH3 is 1. The first-order chi connectivity index (χ1) is 13.2. The third-order valence-corrected chi connectivity index (χ3v) is 4.78. The van der Waals surface area contributed by atoms with Gasteiger partial charge in [0.05, 0.1) is 26.0 Å². The standard InChI is InChI=1S/C20H25N5O2/c1-15-13-19(21-7-8-24-9-11-27-12-10-24)25-20(22-15)14-18(23-25)16-3-5-17(26-2)6-4-16/h3-6,13-14,21H,7-12H2,1-2H3. The highest BCUT2D eigenvalue weighted by Gasteiger charge is 2.12. The van der Waals surface area contributed by atoms with Crippen LogP contribution in [0.3, 0.4) is 0 Å². The van der Waals surface area contributed by atoms with E-state index in [9.17, 15) is 0 Å². The number of rotatable bonds is 6. The molecule has 142 valence electrons. The van der Waals surface area contributed by atoms with Crippen LogP contribution in [0.5, 0.6) is 5.75 Å². The molecule has 7 nitrogen and oxygen atoms in total. The highest BCUT2D eigenvalue weighted by Crippen LogP contribution is 2.24. The Hall–Kier alpha value is -2.64. The maximum atomic E-state index is 5.40. The summed E-state index contributed by atoms with van der Waals surface area (Å²) in [6, 6.07) is 12.0. The molecule has 0 saturated carbocycles. The summed E-state index contributed by atoms with van der Waals surface area (Å²) in [5.41, 5.74) is 3.75. The number of morpholine rings is 1. The Morgan fingerprint density at radius 2 is 1.93 bits per heavy atom. The van der Waals surface area contributed by atoms with Crippen molar-refractivity contribution in [2.24, 2.45) is 0 Å². The molecule has 2 aromatic heterocycles. The van der Waals surface area contributed by atoms with Gasteiger partial charge >= 0.3 is 0 Å². The van der Waals surface area contributed by atoms with Crippen LogP contribution >= 0.6 is 0 Å². The normalized spacial score (nSPS) is 15.2. The molecule has 0 amide bonds. The van der Waals surface area contributed by atoms with Gasteiger partial charge in [0.15, 0.2) is 5.65 Å². The predicted octanol–water partition coefficient (Wildman–Crippen LogP) is 2.46. The van der Waals surface area contributed by atoms with Crippen molar-refractivity contribution in [3.05, 3.63) is 42.1 Å². The molecule has 0 aliphatic carbocycles. The van der Waals surface area contributed by atoms with Crippen molar-refractivity contribution in [3.63, 3.8) is 0 Å². The molecule has 27 heavy (non-hydrogen) atoms. The van der Waals surface area contributed by atoms with E-state index in [2.05, 4.69) is 15.2 Å². The van der Waals surface area contributed by atoms with Crippen LogP contribution in [0.1, 0.15) is 5.69 Å². The molecule has 0 spiro atoms. The Balaban J connectivity index is 1.54. The van der Waals surface area contributed by atoms with Crippen LogP contribution in [0.2, 0.25) is 0 Å². The maximum Gasteiger partial charge on any atom is 0.158 e. The van der Waals surface area contributed by atoms with Gasteiger partial charge in [-0.1, -0.05) is 0 Å². The van der Waals surface area contributed by atoms with Gasteiger partial charge in [-0.2, -0.15) is 9.61 Å². The van der Waals surface area contributed by atoms with Crippen LogP contribution in [0.15, 0.2) is 36.4 Å². The third-order valence-electron chi connectivity index (χ3n) is 4.78. The first-order valence-corrected chi connectivity index (χ1v) is 9.29. The molecule has 0 unspecified atom stereocenters. The van der Waals surface area contributed by atoms with Gasteiger partial charge < -0.3 is 14.8 Å². The van der Waals surface area contributed by atoms with E-state index >= 15 is 0 Å². The first kappa shape index (κ1) is 17.8. The van der Waals surface area contributed by atoms with E-state index in [1.165, 1.54) is 0 Å². The Morgan fingerprint density at radius 1 is 1.15 bits per heavy atom. The number of fused-ring (bicyclic) bond motifs is 1. The molecule has 1 aromatic carbocycles. The lowest BCUT2D eigenvalue weighted by atomic mass is 10.1. The monoisotopic (exact) mass is 367 g/mol. The molecular weight excluding hydrogens is 342 g/mol. The highest BCUT2D eigenvalue weighted by molar-refractivity contribution is 5.66. The molecule has 1 saturated heterocycles. The lowest BCUT2D eigenvalue weighted by molar-refractivity contribution is 0.0398. The van der Waals surface area contributed by atoms with Gasteiger partial charge in [-0.05, 0) is 31.2 Å². The number of nitrogens with one attached hydrogen (secondary N) is 1. The predicted molar refractivity (Wildman–Crippen MR) is 105 cm³/mol. The van der Waals surface area contributed by atoms with E-state index < -0.39 is 0 Å². The number of nitrogens with zero attached hydrogens (tertiary/aromatic N) is 4. The number of hydrogen-bond acceptors (Lipinski definition) is 6. The summed E-state index contributed by atoms with van der Waals surface area (Å²) in [7, 11) is 1.67. The van der Waals surface area contributed by atoms with E-state index in [1.54, 1.807) is 7.11 Å². The maximum absolute atomic E-state index is 5.40. The number of aryl methyl sites for hydroxylation is 1. The molecule has 3 aromatic rings. The van der Waals surface area contributed by atoms with Crippen molar-refractivity contribution in [2.45, 2.75) is 6.92 Å². The zero-order valence-corrected chi connectivity index (χ0v) is 15.8. The minimum Gasteiger partial charge on any atom is -0.497 e. The second-order valence-corrected chi connectivity index (χ2v) is 6.69. The van der Waals surface area contributed by atoms with Crippen LogP contribution in [0.4, 0.5) is 5.82 Å². The minimum absolute atomic E-state index is 0.822. The van der Waals surface area contributed by atoms with E-state index in [0.29, 0.717) is 0 Å². The van der Waals surface area contributed by atoms with Gasteiger partial charge in [-0.3, -0.25) is 4.90 Å². The van der Waals surface area contributed by atoms with Crippen molar-refractivity contribution in [2.75, 3.05) is 51.8 Å². The lowest BCUT2D eigenvalue weighted by Gasteiger charge is -2.26. The summed E-state index contributed by atoms with van der Waals surface area (Å²) in [5.74, 6) is 1.80. The smallest absolute Gasteiger partial charge is 0.158 e. The van der Waals surface area contributed by atoms with E-state index in [1.807, 2.05) is 47.8 Å². The van der Waals surface area contributed by atoms with Gasteiger partial charge in [0.25, 0.3) is 0 Å². The molecule has 0 bridgehead atoms. The summed E-state index contributed by atoms with van der Waals surface area (Å²) >= 11 is 0. The van der Waals surface area contributed by atoms with E-state index in [-0.39, 0.29) is 0 Å². The van der Waals surface area contributed by atoms with Gasteiger partial charge in [0, 0.05) is 49.6 Å². The number of benzene rings is 1. The quantitative estimate of drug-likeness (QED) is 0.722. The zero-order chi connectivity index (χ0) is 18.6. The highest BCUT2D eigenvalue weighted by atomic mass is 16.5. The molecular formula is C20H25N5O2. The van der Waals surface area contributed by atoms with Gasteiger partial charge in [-0.25, -0.2) is 4.98 Å². The molecule has 1 fully saturated rings. The fourth-order valence-electron chi connectivity index (χ4n) is 3.30. The van der Waals surface area contributed by atoms with E-state index in [0.717, 1.165) is 73.6 Å². The molecule has 1 aliphatic heterocycles. The second kappa shape index (κ2) is 7.94. The Labute approximate surface area is 158 Å². The molecule has 7 heteroatoms. The van der Waals surface area contributed by atoms with Crippen LogP contribution in [-0.4, -0.2) is 66.0 Å². The first-order valence-electron chi connectivity index (χ1n) is 9.29. The van der Waals surface area contributed by atoms with Crippen LogP contribution in [-0.2, 0) is 4.74 Å². The van der Waals surface area contributed by atoms with Gasteiger partial charge in [0.2, 0.25) is 0 Å².